The van der Waals surface area contributed by atoms with Gasteiger partial charge in [0.2, 0.25) is 0 Å². The minimum Gasteiger partial charge on any atom is -0.484 e. The fraction of sp³-hybridized carbons (Fsp3) is 0.385. The fourth-order valence-corrected chi connectivity index (χ4v) is 1.73. The summed E-state index contributed by atoms with van der Waals surface area (Å²) in [6, 6.07) is 6.86. The van der Waals surface area contributed by atoms with Crippen LogP contribution in [0.4, 0.5) is 4.79 Å². The number of hydrogen-bond donors (Lipinski definition) is 3. The molecule has 1 aromatic rings. The number of rotatable bonds is 6. The van der Waals surface area contributed by atoms with Crippen molar-refractivity contribution in [3.8, 4) is 5.75 Å². The highest BCUT2D eigenvalue weighted by molar-refractivity contribution is 5.94. The second-order valence-corrected chi connectivity index (χ2v) is 4.02. The number of primary amides is 1. The third-order valence-electron chi connectivity index (χ3n) is 2.67. The third-order valence-corrected chi connectivity index (χ3v) is 2.67. The molecule has 0 aliphatic carbocycles. The molecule has 0 aromatic heterocycles. The summed E-state index contributed by atoms with van der Waals surface area (Å²) in [5, 5.41) is 5.13. The van der Waals surface area contributed by atoms with Crippen molar-refractivity contribution in [2.45, 2.75) is 19.4 Å². The number of benzene rings is 1. The summed E-state index contributed by atoms with van der Waals surface area (Å²) < 4.78 is 5.23. The molecule has 0 heterocycles. The first-order valence-electron chi connectivity index (χ1n) is 6.06. The monoisotopic (exact) mass is 265 g/mol. The molecule has 0 radical (unpaired) electrons. The van der Waals surface area contributed by atoms with Crippen LogP contribution in [0.15, 0.2) is 24.3 Å². The number of imide groups is 1. The van der Waals surface area contributed by atoms with E-state index in [1.807, 2.05) is 24.5 Å². The minimum atomic E-state index is -0.885. The maximum atomic E-state index is 11.1. The number of carbonyl (C=O) groups is 2. The molecule has 0 fully saturated rings. The van der Waals surface area contributed by atoms with E-state index in [1.54, 1.807) is 12.1 Å². The van der Waals surface area contributed by atoms with Gasteiger partial charge in [0.1, 0.15) is 5.75 Å². The molecular formula is C13H19N3O3. The van der Waals surface area contributed by atoms with E-state index >= 15 is 0 Å². The summed E-state index contributed by atoms with van der Waals surface area (Å²) in [5.41, 5.74) is 5.96. The van der Waals surface area contributed by atoms with Gasteiger partial charge in [0, 0.05) is 6.04 Å². The number of nitrogens with two attached hydrogens (primary N) is 1. The zero-order valence-electron chi connectivity index (χ0n) is 11.1. The van der Waals surface area contributed by atoms with Crippen molar-refractivity contribution in [1.29, 1.82) is 0 Å². The predicted octanol–water partition coefficient (Wildman–Crippen LogP) is 0.931. The van der Waals surface area contributed by atoms with Gasteiger partial charge in [0.25, 0.3) is 5.91 Å². The van der Waals surface area contributed by atoms with E-state index in [4.69, 9.17) is 10.5 Å². The molecule has 0 bridgehead atoms. The van der Waals surface area contributed by atoms with Crippen molar-refractivity contribution in [2.24, 2.45) is 5.73 Å². The zero-order valence-corrected chi connectivity index (χ0v) is 11.1. The van der Waals surface area contributed by atoms with Gasteiger partial charge in [0.15, 0.2) is 6.61 Å². The molecule has 3 amide bonds. The van der Waals surface area contributed by atoms with Crippen LogP contribution in [0.3, 0.4) is 0 Å². The third kappa shape index (κ3) is 4.97. The number of amides is 3. The molecule has 0 aliphatic rings. The standard InChI is InChI=1S/C13H19N3O3/c1-3-11(15-2)9-4-6-10(7-5-9)19-8-12(17)16-13(14)18/h4-7,11,15H,3,8H2,1-2H3,(H3,14,16,17,18). The largest absolute Gasteiger partial charge is 0.484 e. The summed E-state index contributed by atoms with van der Waals surface area (Å²) >= 11 is 0. The molecular weight excluding hydrogens is 246 g/mol. The Labute approximate surface area is 112 Å². The second-order valence-electron chi connectivity index (χ2n) is 4.02. The van der Waals surface area contributed by atoms with E-state index < -0.39 is 11.9 Å². The van der Waals surface area contributed by atoms with Crippen LogP contribution < -0.4 is 21.1 Å². The maximum absolute atomic E-state index is 11.1. The van der Waals surface area contributed by atoms with Crippen molar-refractivity contribution in [3.05, 3.63) is 29.8 Å². The highest BCUT2D eigenvalue weighted by Crippen LogP contribution is 2.19. The van der Waals surface area contributed by atoms with Gasteiger partial charge in [0.05, 0.1) is 0 Å². The molecule has 1 rings (SSSR count). The molecule has 1 atom stereocenters. The molecule has 1 aromatic carbocycles. The number of carbonyl (C=O) groups excluding carboxylic acids is 2. The Morgan fingerprint density at radius 2 is 1.95 bits per heavy atom. The normalized spacial score (nSPS) is 11.7. The molecule has 6 heteroatoms. The summed E-state index contributed by atoms with van der Waals surface area (Å²) in [4.78, 5) is 21.6. The van der Waals surface area contributed by atoms with Crippen LogP contribution in [-0.4, -0.2) is 25.6 Å². The molecule has 0 spiro atoms. The van der Waals surface area contributed by atoms with E-state index in [9.17, 15) is 9.59 Å². The van der Waals surface area contributed by atoms with Crippen molar-refractivity contribution >= 4 is 11.9 Å². The number of hydrogen-bond acceptors (Lipinski definition) is 4. The van der Waals surface area contributed by atoms with Gasteiger partial charge < -0.3 is 15.8 Å². The van der Waals surface area contributed by atoms with Gasteiger partial charge in [-0.2, -0.15) is 0 Å². The van der Waals surface area contributed by atoms with E-state index in [0.717, 1.165) is 12.0 Å². The lowest BCUT2D eigenvalue weighted by Crippen LogP contribution is -2.38. The topological polar surface area (TPSA) is 93.4 Å². The van der Waals surface area contributed by atoms with E-state index in [1.165, 1.54) is 0 Å². The summed E-state index contributed by atoms with van der Waals surface area (Å²) in [6.07, 6.45) is 0.984. The van der Waals surface area contributed by atoms with Crippen molar-refractivity contribution < 1.29 is 14.3 Å². The lowest BCUT2D eigenvalue weighted by molar-refractivity contribution is -0.121. The smallest absolute Gasteiger partial charge is 0.318 e. The molecule has 0 saturated heterocycles. The molecule has 0 aliphatic heterocycles. The number of urea groups is 1. The van der Waals surface area contributed by atoms with Crippen LogP contribution in [0, 0.1) is 0 Å². The summed E-state index contributed by atoms with van der Waals surface area (Å²) in [5.74, 6) is -0.00689. The van der Waals surface area contributed by atoms with Crippen molar-refractivity contribution in [1.82, 2.24) is 10.6 Å². The lowest BCUT2D eigenvalue weighted by Gasteiger charge is -2.14. The number of ether oxygens (including phenoxy) is 1. The van der Waals surface area contributed by atoms with Gasteiger partial charge in [-0.3, -0.25) is 10.1 Å². The first kappa shape index (κ1) is 15.0. The molecule has 104 valence electrons. The zero-order chi connectivity index (χ0) is 14.3. The van der Waals surface area contributed by atoms with Crippen LogP contribution >= 0.6 is 0 Å². The van der Waals surface area contributed by atoms with E-state index in [-0.39, 0.29) is 6.61 Å². The Balaban J connectivity index is 2.53. The fourth-order valence-electron chi connectivity index (χ4n) is 1.73. The van der Waals surface area contributed by atoms with Gasteiger partial charge in [-0.25, -0.2) is 4.79 Å². The first-order chi connectivity index (χ1) is 9.06. The molecule has 6 nitrogen and oxygen atoms in total. The lowest BCUT2D eigenvalue weighted by atomic mass is 10.1. The Morgan fingerprint density at radius 1 is 1.32 bits per heavy atom. The Bertz CT molecular complexity index is 427. The molecule has 1 unspecified atom stereocenters. The maximum Gasteiger partial charge on any atom is 0.318 e. The number of nitrogens with one attached hydrogen (secondary N) is 2. The summed E-state index contributed by atoms with van der Waals surface area (Å²) in [7, 11) is 1.91. The van der Waals surface area contributed by atoms with Crippen molar-refractivity contribution in [3.63, 3.8) is 0 Å². The van der Waals surface area contributed by atoms with Crippen LogP contribution in [0.25, 0.3) is 0 Å². The van der Waals surface area contributed by atoms with Crippen LogP contribution in [0.1, 0.15) is 24.9 Å². The second kappa shape index (κ2) is 7.38. The quantitative estimate of drug-likeness (QED) is 0.713. The van der Waals surface area contributed by atoms with Crippen molar-refractivity contribution in [2.75, 3.05) is 13.7 Å². The van der Waals surface area contributed by atoms with Gasteiger partial charge in [-0.15, -0.1) is 0 Å². The Morgan fingerprint density at radius 3 is 2.42 bits per heavy atom. The van der Waals surface area contributed by atoms with Crippen LogP contribution in [0.2, 0.25) is 0 Å². The van der Waals surface area contributed by atoms with Gasteiger partial charge in [-0.1, -0.05) is 19.1 Å². The Hall–Kier alpha value is -2.08. The molecule has 0 saturated carbocycles. The highest BCUT2D eigenvalue weighted by Gasteiger charge is 2.07. The van der Waals surface area contributed by atoms with Crippen LogP contribution in [0.5, 0.6) is 5.75 Å². The average molecular weight is 265 g/mol. The summed E-state index contributed by atoms with van der Waals surface area (Å²) in [6.45, 7) is 1.85. The predicted molar refractivity (Wildman–Crippen MR) is 71.8 cm³/mol. The molecule has 19 heavy (non-hydrogen) atoms. The minimum absolute atomic E-state index is 0.245. The first-order valence-corrected chi connectivity index (χ1v) is 6.06. The molecule has 4 N–H and O–H groups in total. The van der Waals surface area contributed by atoms with E-state index in [0.29, 0.717) is 11.8 Å². The SMILES string of the molecule is CCC(NC)c1ccc(OCC(=O)NC(N)=O)cc1. The van der Waals surface area contributed by atoms with Gasteiger partial charge in [-0.05, 0) is 31.2 Å². The van der Waals surface area contributed by atoms with Crippen LogP contribution in [-0.2, 0) is 4.79 Å². The average Bonchev–Trinajstić information content (AvgIpc) is 2.38. The highest BCUT2D eigenvalue weighted by atomic mass is 16.5. The van der Waals surface area contributed by atoms with Gasteiger partial charge >= 0.3 is 6.03 Å². The Kier molecular flexibility index (Phi) is 5.81. The van der Waals surface area contributed by atoms with E-state index in [2.05, 4.69) is 12.2 Å².